The molecule has 1 aromatic carbocycles. The zero-order valence-electron chi connectivity index (χ0n) is 12.2. The van der Waals surface area contributed by atoms with Crippen LogP contribution in [-0.2, 0) is 4.79 Å². The van der Waals surface area contributed by atoms with Gasteiger partial charge >= 0.3 is 0 Å². The Bertz CT molecular complexity index is 531. The van der Waals surface area contributed by atoms with Crippen LogP contribution in [0.25, 0.3) is 0 Å². The minimum absolute atomic E-state index is 0.0456. The van der Waals surface area contributed by atoms with Crippen LogP contribution in [0.4, 0.5) is 0 Å². The third-order valence-corrected chi connectivity index (χ3v) is 2.99. The lowest BCUT2D eigenvalue weighted by Gasteiger charge is -2.09. The van der Waals surface area contributed by atoms with Gasteiger partial charge in [-0.1, -0.05) is 0 Å². The molecule has 0 aromatic heterocycles. The fourth-order valence-corrected chi connectivity index (χ4v) is 1.81. The van der Waals surface area contributed by atoms with Crippen molar-refractivity contribution in [1.29, 1.82) is 0 Å². The van der Waals surface area contributed by atoms with Gasteiger partial charge in [0.25, 0.3) is 5.91 Å². The van der Waals surface area contributed by atoms with Gasteiger partial charge in [-0.2, -0.15) is 0 Å². The first-order valence-corrected chi connectivity index (χ1v) is 6.80. The van der Waals surface area contributed by atoms with Gasteiger partial charge in [-0.3, -0.25) is 9.59 Å². The summed E-state index contributed by atoms with van der Waals surface area (Å²) >= 11 is 0. The molecule has 0 unspecified atom stereocenters. The molecule has 0 fully saturated rings. The number of carbonyl (C=O) groups excluding carboxylic acids is 2. The first kappa shape index (κ1) is 15.1. The van der Waals surface area contributed by atoms with Gasteiger partial charge in [0.2, 0.25) is 12.7 Å². The minimum Gasteiger partial charge on any atom is -0.454 e. The summed E-state index contributed by atoms with van der Waals surface area (Å²) in [6.45, 7) is 1.54. The van der Waals surface area contributed by atoms with E-state index in [0.29, 0.717) is 23.6 Å². The molecule has 1 heterocycles. The van der Waals surface area contributed by atoms with E-state index >= 15 is 0 Å². The number of quaternary nitrogens is 1. The molecule has 0 bridgehead atoms. The van der Waals surface area contributed by atoms with Crippen LogP contribution in [-0.4, -0.2) is 52.3 Å². The second kappa shape index (κ2) is 6.94. The van der Waals surface area contributed by atoms with Crippen LogP contribution in [0.2, 0.25) is 0 Å². The molecule has 1 aromatic rings. The average molecular weight is 294 g/mol. The average Bonchev–Trinajstić information content (AvgIpc) is 2.91. The van der Waals surface area contributed by atoms with Crippen molar-refractivity contribution in [3.63, 3.8) is 0 Å². The van der Waals surface area contributed by atoms with Crippen molar-refractivity contribution in [2.24, 2.45) is 0 Å². The Kier molecular flexibility index (Phi) is 4.99. The molecule has 0 aliphatic carbocycles. The van der Waals surface area contributed by atoms with Gasteiger partial charge in [0, 0.05) is 5.56 Å². The largest absolute Gasteiger partial charge is 0.454 e. The fourth-order valence-electron chi connectivity index (χ4n) is 1.81. The van der Waals surface area contributed by atoms with Crippen LogP contribution in [0.15, 0.2) is 18.2 Å². The van der Waals surface area contributed by atoms with Gasteiger partial charge in [-0.05, 0) is 18.2 Å². The molecule has 0 radical (unpaired) electrons. The summed E-state index contributed by atoms with van der Waals surface area (Å²) in [5.41, 5.74) is 0.435. The molecule has 114 valence electrons. The summed E-state index contributed by atoms with van der Waals surface area (Å²) < 4.78 is 10.4. The first-order valence-electron chi connectivity index (χ1n) is 6.80. The molecule has 2 rings (SSSR count). The highest BCUT2D eigenvalue weighted by Gasteiger charge is 2.16. The van der Waals surface area contributed by atoms with Gasteiger partial charge in [0.05, 0.1) is 33.7 Å². The number of rotatable bonds is 6. The molecule has 0 saturated carbocycles. The zero-order valence-corrected chi connectivity index (χ0v) is 12.2. The van der Waals surface area contributed by atoms with E-state index in [1.165, 1.54) is 4.90 Å². The van der Waals surface area contributed by atoms with Gasteiger partial charge < -0.3 is 25.0 Å². The van der Waals surface area contributed by atoms with Crippen molar-refractivity contribution in [1.82, 2.24) is 10.6 Å². The van der Waals surface area contributed by atoms with Crippen LogP contribution in [0.5, 0.6) is 11.5 Å². The number of carbonyl (C=O) groups is 2. The zero-order chi connectivity index (χ0) is 15.2. The standard InChI is InChI=1S/C14H19N3O4/c1-17(2)6-5-15-13(18)8-16-14(19)10-3-4-11-12(7-10)21-9-20-11/h3-4,7H,5-6,8-9H2,1-2H3,(H,15,18)(H,16,19)/p+1. The van der Waals surface area contributed by atoms with Crippen LogP contribution in [0.1, 0.15) is 10.4 Å². The van der Waals surface area contributed by atoms with E-state index in [-0.39, 0.29) is 25.2 Å². The summed E-state index contributed by atoms with van der Waals surface area (Å²) in [5, 5.41) is 5.32. The van der Waals surface area contributed by atoms with Gasteiger partial charge in [0.1, 0.15) is 0 Å². The van der Waals surface area contributed by atoms with E-state index in [0.717, 1.165) is 6.54 Å². The molecule has 0 saturated heterocycles. The Morgan fingerprint density at radius 2 is 1.95 bits per heavy atom. The third kappa shape index (κ3) is 4.35. The Morgan fingerprint density at radius 1 is 1.19 bits per heavy atom. The highest BCUT2D eigenvalue weighted by molar-refractivity contribution is 5.97. The summed E-state index contributed by atoms with van der Waals surface area (Å²) in [7, 11) is 4.02. The van der Waals surface area contributed by atoms with E-state index in [2.05, 4.69) is 10.6 Å². The monoisotopic (exact) mass is 294 g/mol. The fraction of sp³-hybridized carbons (Fsp3) is 0.429. The first-order chi connectivity index (χ1) is 10.1. The van der Waals surface area contributed by atoms with Crippen LogP contribution >= 0.6 is 0 Å². The molecular weight excluding hydrogens is 274 g/mol. The van der Waals surface area contributed by atoms with E-state index < -0.39 is 0 Å². The minimum atomic E-state index is -0.318. The maximum atomic E-state index is 11.9. The second-order valence-corrected chi connectivity index (χ2v) is 5.06. The second-order valence-electron chi connectivity index (χ2n) is 5.06. The van der Waals surface area contributed by atoms with Crippen molar-refractivity contribution in [2.45, 2.75) is 0 Å². The normalized spacial score (nSPS) is 12.3. The van der Waals surface area contributed by atoms with Crippen molar-refractivity contribution in [2.75, 3.05) is 40.5 Å². The Morgan fingerprint density at radius 3 is 2.71 bits per heavy atom. The summed E-state index contributed by atoms with van der Waals surface area (Å²) in [5.74, 6) is 0.642. The van der Waals surface area contributed by atoms with Gasteiger partial charge in [-0.25, -0.2) is 0 Å². The molecule has 2 amide bonds. The van der Waals surface area contributed by atoms with E-state index in [1.807, 2.05) is 14.1 Å². The van der Waals surface area contributed by atoms with E-state index in [1.54, 1.807) is 18.2 Å². The maximum absolute atomic E-state index is 11.9. The number of amides is 2. The lowest BCUT2D eigenvalue weighted by molar-refractivity contribution is -0.856. The summed E-state index contributed by atoms with van der Waals surface area (Å²) in [6.07, 6.45) is 0. The van der Waals surface area contributed by atoms with Crippen molar-refractivity contribution in [3.05, 3.63) is 23.8 Å². The number of likely N-dealkylation sites (N-methyl/N-ethyl adjacent to an activating group) is 1. The number of hydrogen-bond acceptors (Lipinski definition) is 4. The quantitative estimate of drug-likeness (QED) is 0.591. The van der Waals surface area contributed by atoms with Crippen LogP contribution in [0.3, 0.4) is 0 Å². The van der Waals surface area contributed by atoms with Crippen molar-refractivity contribution < 1.29 is 24.0 Å². The molecule has 1 aliphatic rings. The highest BCUT2D eigenvalue weighted by Crippen LogP contribution is 2.32. The van der Waals surface area contributed by atoms with Crippen molar-refractivity contribution in [3.8, 4) is 11.5 Å². The molecule has 1 aliphatic heterocycles. The molecule has 7 heteroatoms. The molecule has 21 heavy (non-hydrogen) atoms. The van der Waals surface area contributed by atoms with Gasteiger partial charge in [0.15, 0.2) is 11.5 Å². The van der Waals surface area contributed by atoms with Gasteiger partial charge in [-0.15, -0.1) is 0 Å². The number of ether oxygens (including phenoxy) is 2. The smallest absolute Gasteiger partial charge is 0.251 e. The summed E-state index contributed by atoms with van der Waals surface area (Å²) in [4.78, 5) is 24.8. The highest BCUT2D eigenvalue weighted by atomic mass is 16.7. The number of benzene rings is 1. The van der Waals surface area contributed by atoms with E-state index in [9.17, 15) is 9.59 Å². The number of hydrogen-bond donors (Lipinski definition) is 3. The van der Waals surface area contributed by atoms with E-state index in [4.69, 9.17) is 9.47 Å². The molecule has 7 nitrogen and oxygen atoms in total. The van der Waals surface area contributed by atoms with Crippen LogP contribution in [0, 0.1) is 0 Å². The lowest BCUT2D eigenvalue weighted by atomic mass is 10.2. The third-order valence-electron chi connectivity index (χ3n) is 2.99. The Balaban J connectivity index is 1.78. The predicted octanol–water partition coefficient (Wildman–Crippen LogP) is -1.59. The molecule has 0 atom stereocenters. The lowest BCUT2D eigenvalue weighted by Crippen LogP contribution is -3.06. The molecular formula is C14H20N3O4+. The molecule has 3 N–H and O–H groups in total. The number of fused-ring (bicyclic) bond motifs is 1. The summed E-state index contributed by atoms with van der Waals surface area (Å²) in [6, 6.07) is 4.91. The number of nitrogens with one attached hydrogen (secondary N) is 3. The predicted molar refractivity (Wildman–Crippen MR) is 75.6 cm³/mol. The van der Waals surface area contributed by atoms with Crippen molar-refractivity contribution >= 4 is 11.8 Å². The Labute approximate surface area is 123 Å². The Hall–Kier alpha value is -2.28. The maximum Gasteiger partial charge on any atom is 0.251 e. The SMILES string of the molecule is C[NH+](C)CCNC(=O)CNC(=O)c1ccc2c(c1)OCO2. The molecule has 0 spiro atoms. The topological polar surface area (TPSA) is 81.1 Å². The van der Waals surface area contributed by atoms with Crippen LogP contribution < -0.4 is 25.0 Å².